The summed E-state index contributed by atoms with van der Waals surface area (Å²) < 4.78 is 16.2. The van der Waals surface area contributed by atoms with Crippen LogP contribution in [0.15, 0.2) is 18.2 Å². The lowest BCUT2D eigenvalue weighted by molar-refractivity contribution is -0.119. The van der Waals surface area contributed by atoms with Crippen molar-refractivity contribution < 1.29 is 19.0 Å². The van der Waals surface area contributed by atoms with Gasteiger partial charge in [-0.05, 0) is 49.8 Å². The van der Waals surface area contributed by atoms with E-state index in [-0.39, 0.29) is 24.2 Å². The summed E-state index contributed by atoms with van der Waals surface area (Å²) in [5.74, 6) is 0.0450. The smallest absolute Gasteiger partial charge is 0.241 e. The molecule has 1 unspecified atom stereocenters. The number of benzene rings is 1. The van der Waals surface area contributed by atoms with Gasteiger partial charge in [-0.25, -0.2) is 0 Å². The largest absolute Gasteiger partial charge is 0.381 e. The third kappa shape index (κ3) is 6.85. The van der Waals surface area contributed by atoms with Crippen molar-refractivity contribution in [3.8, 4) is 0 Å². The summed E-state index contributed by atoms with van der Waals surface area (Å²) in [7, 11) is 0. The van der Waals surface area contributed by atoms with Crippen LogP contribution in [0.3, 0.4) is 0 Å². The molecule has 0 bridgehead atoms. The predicted octanol–water partition coefficient (Wildman–Crippen LogP) is 2.66. The lowest BCUT2D eigenvalue weighted by atomic mass is 9.91. The highest BCUT2D eigenvalue weighted by atomic mass is 35.5. The number of nitrogens with one attached hydrogen (secondary N) is 1. The number of nitrogens with two attached hydrogens (primary N) is 1. The average molecular weight is 387 g/mol. The van der Waals surface area contributed by atoms with Gasteiger partial charge in [-0.3, -0.25) is 4.79 Å². The molecule has 0 radical (unpaired) electrons. The highest BCUT2D eigenvalue weighted by Crippen LogP contribution is 2.22. The number of carbonyl (C=O) groups excluding carboxylic acids is 1. The van der Waals surface area contributed by atoms with Gasteiger partial charge in [0.2, 0.25) is 5.91 Å². The highest BCUT2D eigenvalue weighted by Gasteiger charge is 2.26. The summed E-state index contributed by atoms with van der Waals surface area (Å²) in [5, 5.41) is 2.97. The Morgan fingerprint density at radius 1 is 1.31 bits per heavy atom. The van der Waals surface area contributed by atoms with Crippen molar-refractivity contribution in [2.45, 2.75) is 39.3 Å². The first-order chi connectivity index (χ1) is 12.1. The molecule has 148 valence electrons. The van der Waals surface area contributed by atoms with E-state index in [4.69, 9.17) is 19.9 Å². The van der Waals surface area contributed by atoms with Crippen LogP contribution in [-0.4, -0.2) is 45.0 Å². The van der Waals surface area contributed by atoms with Crippen molar-refractivity contribution in [2.24, 2.45) is 11.7 Å². The normalized spacial score (nSPS) is 16.0. The third-order valence-electron chi connectivity index (χ3n) is 4.61. The van der Waals surface area contributed by atoms with Crippen molar-refractivity contribution in [1.82, 2.24) is 0 Å². The van der Waals surface area contributed by atoms with Gasteiger partial charge in [-0.2, -0.15) is 0 Å². The molecule has 1 aliphatic heterocycles. The zero-order valence-electron chi connectivity index (χ0n) is 15.7. The van der Waals surface area contributed by atoms with Crippen molar-refractivity contribution in [2.75, 3.05) is 38.4 Å². The van der Waals surface area contributed by atoms with Crippen LogP contribution >= 0.6 is 12.4 Å². The molecule has 3 N–H and O–H groups in total. The molecule has 1 fully saturated rings. The van der Waals surface area contributed by atoms with Gasteiger partial charge in [-0.15, -0.1) is 12.4 Å². The number of carbonyl (C=O) groups is 1. The minimum absolute atomic E-state index is 0. The molecule has 1 amide bonds. The van der Waals surface area contributed by atoms with E-state index in [0.29, 0.717) is 39.6 Å². The molecule has 1 saturated heterocycles. The Morgan fingerprint density at radius 2 is 2.00 bits per heavy atom. The zero-order chi connectivity index (χ0) is 18.1. The van der Waals surface area contributed by atoms with E-state index in [0.717, 1.165) is 29.7 Å². The molecule has 1 aliphatic rings. The number of anilines is 1. The predicted molar refractivity (Wildman–Crippen MR) is 105 cm³/mol. The fourth-order valence-corrected chi connectivity index (χ4v) is 2.92. The molecular weight excluding hydrogens is 356 g/mol. The third-order valence-corrected chi connectivity index (χ3v) is 4.61. The van der Waals surface area contributed by atoms with Crippen molar-refractivity contribution in [3.05, 3.63) is 29.3 Å². The number of halogens is 1. The van der Waals surface area contributed by atoms with Crippen molar-refractivity contribution in [3.63, 3.8) is 0 Å². The molecule has 6 nitrogen and oxygen atoms in total. The van der Waals surface area contributed by atoms with Gasteiger partial charge in [-0.1, -0.05) is 12.1 Å². The van der Waals surface area contributed by atoms with E-state index in [1.165, 1.54) is 0 Å². The van der Waals surface area contributed by atoms with E-state index >= 15 is 0 Å². The van der Waals surface area contributed by atoms with E-state index in [9.17, 15) is 4.79 Å². The lowest BCUT2D eigenvalue weighted by Crippen LogP contribution is -2.44. The van der Waals surface area contributed by atoms with Gasteiger partial charge in [0.15, 0.2) is 0 Å². The summed E-state index contributed by atoms with van der Waals surface area (Å²) in [6, 6.07) is 5.32. The second kappa shape index (κ2) is 12.3. The Bertz CT molecular complexity index is 550. The Kier molecular flexibility index (Phi) is 10.8. The van der Waals surface area contributed by atoms with Gasteiger partial charge >= 0.3 is 0 Å². The summed E-state index contributed by atoms with van der Waals surface area (Å²) in [6.45, 7) is 7.63. The van der Waals surface area contributed by atoms with Crippen molar-refractivity contribution >= 4 is 24.0 Å². The number of hydrogen-bond donors (Lipinski definition) is 2. The van der Waals surface area contributed by atoms with Crippen LogP contribution in [0.2, 0.25) is 0 Å². The Balaban J connectivity index is 0.00000338. The van der Waals surface area contributed by atoms with Gasteiger partial charge < -0.3 is 25.3 Å². The van der Waals surface area contributed by atoms with Crippen LogP contribution < -0.4 is 11.1 Å². The van der Waals surface area contributed by atoms with Gasteiger partial charge in [0.25, 0.3) is 0 Å². The second-order valence-corrected chi connectivity index (χ2v) is 6.30. The lowest BCUT2D eigenvalue weighted by Gasteiger charge is -2.27. The fraction of sp³-hybridized carbons (Fsp3) is 0.632. The van der Waals surface area contributed by atoms with E-state index in [1.54, 1.807) is 0 Å². The molecule has 0 spiro atoms. The van der Waals surface area contributed by atoms with Crippen molar-refractivity contribution in [1.29, 1.82) is 0 Å². The second-order valence-electron chi connectivity index (χ2n) is 6.30. The van der Waals surface area contributed by atoms with Crippen LogP contribution in [0.25, 0.3) is 0 Å². The summed E-state index contributed by atoms with van der Waals surface area (Å²) in [5.41, 5.74) is 8.99. The average Bonchev–Trinajstić information content (AvgIpc) is 2.64. The molecule has 0 aromatic heterocycles. The molecule has 0 aliphatic carbocycles. The van der Waals surface area contributed by atoms with Gasteiger partial charge in [0.1, 0.15) is 0 Å². The minimum Gasteiger partial charge on any atom is -0.381 e. The molecule has 1 heterocycles. The standard InChI is InChI=1S/C19H30N2O4.ClH/c1-3-23-11-12-25-13-16-5-4-6-17(14(16)2)21-19(22)18(20)15-7-9-24-10-8-15;/h4-6,15,18H,3,7-13,20H2,1-2H3,(H,21,22);1H. The maximum absolute atomic E-state index is 12.5. The molecule has 1 atom stereocenters. The zero-order valence-corrected chi connectivity index (χ0v) is 16.5. The van der Waals surface area contributed by atoms with Gasteiger partial charge in [0, 0.05) is 25.5 Å². The SMILES string of the molecule is CCOCCOCc1cccc(NC(=O)C(N)C2CCOCC2)c1C.Cl. The fourth-order valence-electron chi connectivity index (χ4n) is 2.92. The molecule has 2 rings (SSSR count). The Hall–Kier alpha value is -1.18. The van der Waals surface area contributed by atoms with E-state index < -0.39 is 6.04 Å². The Labute approximate surface area is 162 Å². The highest BCUT2D eigenvalue weighted by molar-refractivity contribution is 5.95. The first kappa shape index (κ1) is 22.9. The summed E-state index contributed by atoms with van der Waals surface area (Å²) in [6.07, 6.45) is 1.67. The topological polar surface area (TPSA) is 82.8 Å². The van der Waals surface area contributed by atoms with Crippen LogP contribution in [-0.2, 0) is 25.6 Å². The minimum atomic E-state index is -0.505. The monoisotopic (exact) mass is 386 g/mol. The van der Waals surface area contributed by atoms with Gasteiger partial charge in [0.05, 0.1) is 25.9 Å². The quantitative estimate of drug-likeness (QED) is 0.637. The maximum atomic E-state index is 12.5. The van der Waals surface area contributed by atoms with Crippen LogP contribution in [0.1, 0.15) is 30.9 Å². The van der Waals surface area contributed by atoms with E-state index in [2.05, 4.69) is 5.32 Å². The number of ether oxygens (including phenoxy) is 3. The first-order valence-electron chi connectivity index (χ1n) is 9.01. The number of rotatable bonds is 9. The molecule has 1 aromatic rings. The number of amides is 1. The van der Waals surface area contributed by atoms with Crippen LogP contribution in [0.4, 0.5) is 5.69 Å². The molecule has 26 heavy (non-hydrogen) atoms. The molecule has 7 heteroatoms. The number of hydrogen-bond acceptors (Lipinski definition) is 5. The van der Waals surface area contributed by atoms with Crippen LogP contribution in [0.5, 0.6) is 0 Å². The summed E-state index contributed by atoms with van der Waals surface area (Å²) in [4.78, 5) is 12.5. The summed E-state index contributed by atoms with van der Waals surface area (Å²) >= 11 is 0. The molecular formula is C19H31ClN2O4. The molecule has 1 aromatic carbocycles. The van der Waals surface area contributed by atoms with E-state index in [1.807, 2.05) is 32.0 Å². The Morgan fingerprint density at radius 3 is 2.69 bits per heavy atom. The molecule has 0 saturated carbocycles. The first-order valence-corrected chi connectivity index (χ1v) is 9.01. The van der Waals surface area contributed by atoms with Crippen LogP contribution in [0, 0.1) is 12.8 Å². The maximum Gasteiger partial charge on any atom is 0.241 e.